The Kier molecular flexibility index (Phi) is 6.18. The Labute approximate surface area is 207 Å². The Morgan fingerprint density at radius 1 is 1.09 bits per heavy atom. The number of nitrogens with zero attached hydrogens (tertiary/aromatic N) is 1. The van der Waals surface area contributed by atoms with E-state index < -0.39 is 5.97 Å². The molecule has 0 radical (unpaired) electrons. The number of hydrogen-bond donors (Lipinski definition) is 1. The van der Waals surface area contributed by atoms with E-state index in [-0.39, 0.29) is 27.7 Å². The van der Waals surface area contributed by atoms with Gasteiger partial charge in [0.05, 0.1) is 5.56 Å². The molecule has 1 amide bonds. The molecule has 5 heteroatoms. The highest BCUT2D eigenvalue weighted by atomic mass is 35.5. The van der Waals surface area contributed by atoms with Crippen LogP contribution in [0, 0.1) is 10.8 Å². The fourth-order valence-corrected chi connectivity index (χ4v) is 5.69. The first-order valence-electron chi connectivity index (χ1n) is 12.0. The molecule has 2 aromatic carbocycles. The molecular weight excluding hydrogens is 446 g/mol. The van der Waals surface area contributed by atoms with Gasteiger partial charge in [-0.15, -0.1) is 0 Å². The first kappa shape index (κ1) is 24.5. The van der Waals surface area contributed by atoms with E-state index in [2.05, 4.69) is 52.8 Å². The number of aryl methyl sites for hydroxylation is 1. The van der Waals surface area contributed by atoms with Crippen molar-refractivity contribution in [3.05, 3.63) is 76.0 Å². The molecule has 0 bridgehead atoms. The normalized spacial score (nSPS) is 21.9. The summed E-state index contributed by atoms with van der Waals surface area (Å²) in [7, 11) is 0. The molecule has 1 N–H and O–H groups in total. The van der Waals surface area contributed by atoms with Gasteiger partial charge in [0.1, 0.15) is 0 Å². The SMILES string of the molecule is CC(C)(C)CCc1ccc([C@@]23CCC(C)(C)C2=CN(c2ccc(C(=O)O)cc2)C(=O)C3)cc1Cl. The minimum Gasteiger partial charge on any atom is -0.478 e. The quantitative estimate of drug-likeness (QED) is 0.486. The molecule has 1 saturated carbocycles. The Bertz CT molecular complexity index is 1160. The smallest absolute Gasteiger partial charge is 0.335 e. The second-order valence-electron chi connectivity index (χ2n) is 11.7. The van der Waals surface area contributed by atoms with Gasteiger partial charge in [0, 0.05) is 28.7 Å². The average Bonchev–Trinajstić information content (AvgIpc) is 3.02. The summed E-state index contributed by atoms with van der Waals surface area (Å²) in [6, 6.07) is 12.9. The topological polar surface area (TPSA) is 57.6 Å². The van der Waals surface area contributed by atoms with Crippen molar-refractivity contribution in [1.82, 2.24) is 0 Å². The summed E-state index contributed by atoms with van der Waals surface area (Å²) in [6.45, 7) is 11.2. The maximum atomic E-state index is 13.4. The number of carboxylic acids is 1. The van der Waals surface area contributed by atoms with Crippen LogP contribution < -0.4 is 4.90 Å². The summed E-state index contributed by atoms with van der Waals surface area (Å²) in [5, 5.41) is 9.98. The van der Waals surface area contributed by atoms with Gasteiger partial charge in [-0.2, -0.15) is 0 Å². The number of carbonyl (C=O) groups is 2. The first-order chi connectivity index (χ1) is 15.8. The molecule has 1 atom stereocenters. The van der Waals surface area contributed by atoms with Crippen LogP contribution in [-0.2, 0) is 16.6 Å². The highest BCUT2D eigenvalue weighted by Crippen LogP contribution is 2.59. The van der Waals surface area contributed by atoms with Crippen molar-refractivity contribution in [1.29, 1.82) is 0 Å². The largest absolute Gasteiger partial charge is 0.478 e. The lowest BCUT2D eigenvalue weighted by Gasteiger charge is -2.41. The molecule has 34 heavy (non-hydrogen) atoms. The minimum absolute atomic E-state index is 0.0115. The van der Waals surface area contributed by atoms with Gasteiger partial charge in [0.25, 0.3) is 0 Å². The molecule has 0 saturated heterocycles. The monoisotopic (exact) mass is 479 g/mol. The van der Waals surface area contributed by atoms with Crippen LogP contribution in [0.3, 0.4) is 0 Å². The highest BCUT2D eigenvalue weighted by molar-refractivity contribution is 6.31. The van der Waals surface area contributed by atoms with Gasteiger partial charge in [0.2, 0.25) is 5.91 Å². The molecule has 4 nitrogen and oxygen atoms in total. The molecule has 180 valence electrons. The van der Waals surface area contributed by atoms with Crippen molar-refractivity contribution in [2.75, 3.05) is 4.90 Å². The highest BCUT2D eigenvalue weighted by Gasteiger charge is 2.53. The van der Waals surface area contributed by atoms with Gasteiger partial charge in [-0.3, -0.25) is 9.69 Å². The van der Waals surface area contributed by atoms with Gasteiger partial charge in [-0.25, -0.2) is 4.79 Å². The van der Waals surface area contributed by atoms with Gasteiger partial charge in [-0.05, 0) is 83.5 Å². The fourth-order valence-electron chi connectivity index (χ4n) is 5.41. The number of hydrogen-bond acceptors (Lipinski definition) is 2. The van der Waals surface area contributed by atoms with Crippen LogP contribution in [0.5, 0.6) is 0 Å². The third kappa shape index (κ3) is 4.53. The number of aromatic carboxylic acids is 1. The molecule has 1 fully saturated rings. The van der Waals surface area contributed by atoms with E-state index in [1.54, 1.807) is 29.2 Å². The van der Waals surface area contributed by atoms with E-state index >= 15 is 0 Å². The first-order valence-corrected chi connectivity index (χ1v) is 12.4. The maximum absolute atomic E-state index is 13.4. The zero-order chi connectivity index (χ0) is 24.9. The van der Waals surface area contributed by atoms with Crippen LogP contribution in [-0.4, -0.2) is 17.0 Å². The maximum Gasteiger partial charge on any atom is 0.335 e. The zero-order valence-electron chi connectivity index (χ0n) is 20.7. The summed E-state index contributed by atoms with van der Waals surface area (Å²) in [4.78, 5) is 26.4. The Morgan fingerprint density at radius 3 is 2.35 bits per heavy atom. The van der Waals surface area contributed by atoms with Crippen LogP contribution >= 0.6 is 11.6 Å². The van der Waals surface area contributed by atoms with Crippen molar-refractivity contribution in [2.24, 2.45) is 10.8 Å². The van der Waals surface area contributed by atoms with Crippen molar-refractivity contribution in [2.45, 2.75) is 72.1 Å². The Morgan fingerprint density at radius 2 is 1.76 bits per heavy atom. The molecule has 0 spiro atoms. The number of allylic oxidation sites excluding steroid dienone is 1. The van der Waals surface area contributed by atoms with Crippen LogP contribution in [0.4, 0.5) is 5.69 Å². The number of benzene rings is 2. The van der Waals surface area contributed by atoms with E-state index in [0.717, 1.165) is 41.8 Å². The van der Waals surface area contributed by atoms with Crippen LogP contribution in [0.25, 0.3) is 0 Å². The summed E-state index contributed by atoms with van der Waals surface area (Å²) in [6.07, 6.45) is 6.26. The van der Waals surface area contributed by atoms with Gasteiger partial charge in [-0.1, -0.05) is 58.4 Å². The molecule has 0 aromatic heterocycles. The number of fused-ring (bicyclic) bond motifs is 1. The molecule has 2 aromatic rings. The number of carbonyl (C=O) groups excluding carboxylic acids is 1. The lowest BCUT2D eigenvalue weighted by Crippen LogP contribution is -2.42. The van der Waals surface area contributed by atoms with Crippen LogP contribution in [0.2, 0.25) is 5.02 Å². The Balaban J connectivity index is 1.72. The predicted molar refractivity (Wildman–Crippen MR) is 138 cm³/mol. The minimum atomic E-state index is -0.978. The van der Waals surface area contributed by atoms with E-state index in [4.69, 9.17) is 11.6 Å². The molecule has 2 aliphatic rings. The summed E-state index contributed by atoms with van der Waals surface area (Å²) in [5.41, 5.74) is 4.23. The number of rotatable bonds is 5. The van der Waals surface area contributed by atoms with E-state index in [1.165, 1.54) is 5.57 Å². The molecular formula is C29H34ClNO3. The van der Waals surface area contributed by atoms with Gasteiger partial charge in [0.15, 0.2) is 0 Å². The molecule has 1 aliphatic heterocycles. The number of carboxylic acid groups (broad SMARTS) is 1. The second-order valence-corrected chi connectivity index (χ2v) is 12.1. The standard InChI is InChI=1S/C29H34ClNO3/c1-27(2,3)13-12-19-6-9-21(16-23(19)30)29-15-14-28(4,5)24(29)18-31(25(32)17-29)22-10-7-20(8-11-22)26(33)34/h6-11,16,18H,12-15,17H2,1-5H3,(H,33,34)/t29-/m0/s1. The van der Waals surface area contributed by atoms with Crippen molar-refractivity contribution in [3.63, 3.8) is 0 Å². The average molecular weight is 480 g/mol. The molecule has 1 heterocycles. The Hall–Kier alpha value is -2.59. The molecule has 0 unspecified atom stereocenters. The molecule has 1 aliphatic carbocycles. The summed E-state index contributed by atoms with van der Waals surface area (Å²) < 4.78 is 0. The van der Waals surface area contributed by atoms with Crippen molar-refractivity contribution in [3.8, 4) is 0 Å². The van der Waals surface area contributed by atoms with E-state index in [1.807, 2.05) is 6.20 Å². The lowest BCUT2D eigenvalue weighted by atomic mass is 9.68. The number of halogens is 1. The lowest BCUT2D eigenvalue weighted by molar-refractivity contribution is -0.119. The van der Waals surface area contributed by atoms with Gasteiger partial charge >= 0.3 is 5.97 Å². The van der Waals surface area contributed by atoms with Gasteiger partial charge < -0.3 is 5.11 Å². The molecule has 4 rings (SSSR count). The summed E-state index contributed by atoms with van der Waals surface area (Å²) >= 11 is 6.77. The summed E-state index contributed by atoms with van der Waals surface area (Å²) in [5.74, 6) is -0.967. The zero-order valence-corrected chi connectivity index (χ0v) is 21.5. The second kappa shape index (κ2) is 8.57. The number of anilines is 1. The van der Waals surface area contributed by atoms with E-state index in [0.29, 0.717) is 12.1 Å². The van der Waals surface area contributed by atoms with Crippen LogP contribution in [0.15, 0.2) is 54.2 Å². The third-order valence-electron chi connectivity index (χ3n) is 7.54. The third-order valence-corrected chi connectivity index (χ3v) is 7.90. The van der Waals surface area contributed by atoms with Crippen molar-refractivity contribution < 1.29 is 14.7 Å². The number of amides is 1. The van der Waals surface area contributed by atoms with Crippen LogP contribution in [0.1, 0.15) is 81.8 Å². The van der Waals surface area contributed by atoms with Crippen molar-refractivity contribution >= 4 is 29.2 Å². The van der Waals surface area contributed by atoms with E-state index in [9.17, 15) is 14.7 Å². The predicted octanol–water partition coefficient (Wildman–Crippen LogP) is 7.40. The fraction of sp³-hybridized carbons (Fsp3) is 0.448.